The van der Waals surface area contributed by atoms with Crippen molar-refractivity contribution in [3.63, 3.8) is 0 Å². The molecule has 0 aliphatic rings. The Morgan fingerprint density at radius 2 is 2.00 bits per heavy atom. The van der Waals surface area contributed by atoms with Crippen LogP contribution in [0.4, 0.5) is 0 Å². The lowest BCUT2D eigenvalue weighted by molar-refractivity contribution is 0.0502. The third-order valence-corrected chi connectivity index (χ3v) is 2.02. The summed E-state index contributed by atoms with van der Waals surface area (Å²) in [5, 5.41) is 9.04. The van der Waals surface area contributed by atoms with Crippen LogP contribution in [0.1, 0.15) is 15.9 Å². The second kappa shape index (κ2) is 6.09. The smallest absolute Gasteiger partial charge is 0.188 e. The molecule has 0 atom stereocenters. The van der Waals surface area contributed by atoms with E-state index in [1.54, 1.807) is 12.1 Å². The van der Waals surface area contributed by atoms with E-state index in [0.29, 0.717) is 28.9 Å². The molecule has 0 amide bonds. The molecular formula is C11H14O5. The minimum Gasteiger partial charge on any atom is -0.496 e. The topological polar surface area (TPSA) is 65.0 Å². The van der Waals surface area contributed by atoms with E-state index >= 15 is 0 Å². The second-order valence-corrected chi connectivity index (χ2v) is 3.04. The van der Waals surface area contributed by atoms with Crippen molar-refractivity contribution >= 4 is 6.29 Å². The number of hydrogen-bond acceptors (Lipinski definition) is 5. The highest BCUT2D eigenvalue weighted by Gasteiger charge is 2.12. The average Bonchev–Trinajstić information content (AvgIpc) is 2.34. The summed E-state index contributed by atoms with van der Waals surface area (Å²) in [6.45, 7) is -0.127. The maximum absolute atomic E-state index is 10.9. The molecule has 88 valence electrons. The van der Waals surface area contributed by atoms with Crippen LogP contribution in [0.3, 0.4) is 0 Å². The highest BCUT2D eigenvalue weighted by Crippen LogP contribution is 2.29. The Morgan fingerprint density at radius 1 is 1.31 bits per heavy atom. The van der Waals surface area contributed by atoms with Crippen LogP contribution in [-0.4, -0.2) is 32.4 Å². The first-order valence-corrected chi connectivity index (χ1v) is 4.65. The van der Waals surface area contributed by atoms with Crippen LogP contribution in [-0.2, 0) is 11.3 Å². The van der Waals surface area contributed by atoms with Gasteiger partial charge in [0.25, 0.3) is 0 Å². The lowest BCUT2D eigenvalue weighted by atomic mass is 10.1. The number of carbonyl (C=O) groups is 1. The van der Waals surface area contributed by atoms with Gasteiger partial charge in [0.2, 0.25) is 0 Å². The highest BCUT2D eigenvalue weighted by molar-refractivity contribution is 5.84. The molecule has 1 aromatic rings. The number of aldehydes is 1. The molecule has 0 spiro atoms. The summed E-state index contributed by atoms with van der Waals surface area (Å²) < 4.78 is 15.0. The summed E-state index contributed by atoms with van der Waals surface area (Å²) in [6.07, 6.45) is 0.644. The SMILES string of the molecule is COCOc1cc(CO)cc(OC)c1C=O. The van der Waals surface area contributed by atoms with E-state index in [0.717, 1.165) is 0 Å². The number of ether oxygens (including phenoxy) is 3. The average molecular weight is 226 g/mol. The van der Waals surface area contributed by atoms with Gasteiger partial charge in [-0.05, 0) is 17.7 Å². The lowest BCUT2D eigenvalue weighted by Gasteiger charge is -2.12. The Bertz CT molecular complexity index is 362. The number of benzene rings is 1. The minimum absolute atomic E-state index is 0.0267. The molecule has 5 heteroatoms. The van der Waals surface area contributed by atoms with Gasteiger partial charge in [0.1, 0.15) is 11.5 Å². The van der Waals surface area contributed by atoms with Crippen LogP contribution in [0.25, 0.3) is 0 Å². The molecule has 0 fully saturated rings. The van der Waals surface area contributed by atoms with E-state index in [1.807, 2.05) is 0 Å². The van der Waals surface area contributed by atoms with Gasteiger partial charge in [-0.2, -0.15) is 0 Å². The van der Waals surface area contributed by atoms with Crippen molar-refractivity contribution < 1.29 is 24.1 Å². The number of methoxy groups -OCH3 is 2. The zero-order chi connectivity index (χ0) is 12.0. The van der Waals surface area contributed by atoms with Crippen molar-refractivity contribution in [1.82, 2.24) is 0 Å². The van der Waals surface area contributed by atoms with E-state index in [9.17, 15) is 4.79 Å². The zero-order valence-electron chi connectivity index (χ0n) is 9.23. The summed E-state index contributed by atoms with van der Waals surface area (Å²) in [7, 11) is 2.93. The first-order valence-electron chi connectivity index (χ1n) is 4.65. The van der Waals surface area contributed by atoms with Crippen LogP contribution < -0.4 is 9.47 Å². The first-order chi connectivity index (χ1) is 7.76. The van der Waals surface area contributed by atoms with Crippen molar-refractivity contribution in [2.24, 2.45) is 0 Å². The molecule has 0 radical (unpaired) electrons. The fourth-order valence-corrected chi connectivity index (χ4v) is 1.27. The fourth-order valence-electron chi connectivity index (χ4n) is 1.27. The Kier molecular flexibility index (Phi) is 4.75. The number of hydrogen-bond donors (Lipinski definition) is 1. The minimum atomic E-state index is -0.154. The molecule has 0 unspecified atom stereocenters. The van der Waals surface area contributed by atoms with Gasteiger partial charge in [0, 0.05) is 7.11 Å². The Labute approximate surface area is 93.6 Å². The first kappa shape index (κ1) is 12.5. The van der Waals surface area contributed by atoms with E-state index < -0.39 is 0 Å². The van der Waals surface area contributed by atoms with Crippen molar-refractivity contribution in [2.45, 2.75) is 6.61 Å². The second-order valence-electron chi connectivity index (χ2n) is 3.04. The zero-order valence-corrected chi connectivity index (χ0v) is 9.23. The molecule has 0 aliphatic carbocycles. The van der Waals surface area contributed by atoms with Crippen LogP contribution >= 0.6 is 0 Å². The fraction of sp³-hybridized carbons (Fsp3) is 0.364. The predicted octanol–water partition coefficient (Wildman–Crippen LogP) is 0.983. The normalized spacial score (nSPS) is 9.94. The number of aliphatic hydroxyl groups is 1. The molecule has 1 aromatic carbocycles. The summed E-state index contributed by atoms with van der Waals surface area (Å²) >= 11 is 0. The maximum Gasteiger partial charge on any atom is 0.188 e. The quantitative estimate of drug-likeness (QED) is 0.578. The van der Waals surface area contributed by atoms with Crippen molar-refractivity contribution in [3.05, 3.63) is 23.3 Å². The molecular weight excluding hydrogens is 212 g/mol. The van der Waals surface area contributed by atoms with Crippen LogP contribution in [0.15, 0.2) is 12.1 Å². The summed E-state index contributed by atoms with van der Waals surface area (Å²) in [5.74, 6) is 0.702. The summed E-state index contributed by atoms with van der Waals surface area (Å²) in [6, 6.07) is 3.16. The van der Waals surface area contributed by atoms with Gasteiger partial charge in [-0.25, -0.2) is 0 Å². The van der Waals surface area contributed by atoms with Crippen molar-refractivity contribution in [3.8, 4) is 11.5 Å². The van der Waals surface area contributed by atoms with E-state index in [-0.39, 0.29) is 13.4 Å². The van der Waals surface area contributed by atoms with Crippen LogP contribution in [0.2, 0.25) is 0 Å². The number of rotatable bonds is 6. The molecule has 0 heterocycles. The van der Waals surface area contributed by atoms with E-state index in [2.05, 4.69) is 0 Å². The molecule has 5 nitrogen and oxygen atoms in total. The highest BCUT2D eigenvalue weighted by atomic mass is 16.7. The Balaban J connectivity index is 3.14. The monoisotopic (exact) mass is 226 g/mol. The van der Waals surface area contributed by atoms with Gasteiger partial charge in [0.05, 0.1) is 19.3 Å². The largest absolute Gasteiger partial charge is 0.496 e. The third-order valence-electron chi connectivity index (χ3n) is 2.02. The molecule has 0 saturated carbocycles. The predicted molar refractivity (Wildman–Crippen MR) is 56.8 cm³/mol. The number of aliphatic hydroxyl groups excluding tert-OH is 1. The van der Waals surface area contributed by atoms with E-state index in [1.165, 1.54) is 14.2 Å². The molecule has 1 N–H and O–H groups in total. The van der Waals surface area contributed by atoms with Gasteiger partial charge in [-0.3, -0.25) is 4.79 Å². The Hall–Kier alpha value is -1.59. The van der Waals surface area contributed by atoms with Crippen LogP contribution in [0.5, 0.6) is 11.5 Å². The maximum atomic E-state index is 10.9. The Morgan fingerprint density at radius 3 is 2.50 bits per heavy atom. The third kappa shape index (κ3) is 2.71. The van der Waals surface area contributed by atoms with Gasteiger partial charge >= 0.3 is 0 Å². The van der Waals surface area contributed by atoms with Gasteiger partial charge in [-0.15, -0.1) is 0 Å². The van der Waals surface area contributed by atoms with Crippen LogP contribution in [0, 0.1) is 0 Å². The van der Waals surface area contributed by atoms with E-state index in [4.69, 9.17) is 19.3 Å². The summed E-state index contributed by atoms with van der Waals surface area (Å²) in [5.41, 5.74) is 0.908. The molecule has 0 aromatic heterocycles. The van der Waals surface area contributed by atoms with Crippen molar-refractivity contribution in [2.75, 3.05) is 21.0 Å². The molecule has 1 rings (SSSR count). The standard InChI is InChI=1S/C11H14O5/c1-14-7-16-11-4-8(5-12)3-10(15-2)9(11)6-13/h3-4,6,12H,5,7H2,1-2H3. The molecule has 0 saturated heterocycles. The van der Waals surface area contributed by atoms with Gasteiger partial charge in [-0.1, -0.05) is 0 Å². The molecule has 0 bridgehead atoms. The molecule has 0 aliphatic heterocycles. The van der Waals surface area contributed by atoms with Gasteiger partial charge in [0.15, 0.2) is 13.1 Å². The number of carbonyl (C=O) groups excluding carboxylic acids is 1. The van der Waals surface area contributed by atoms with Crippen molar-refractivity contribution in [1.29, 1.82) is 0 Å². The lowest BCUT2D eigenvalue weighted by Crippen LogP contribution is -2.04. The molecule has 16 heavy (non-hydrogen) atoms. The summed E-state index contributed by atoms with van der Waals surface area (Å²) in [4.78, 5) is 10.9. The van der Waals surface area contributed by atoms with Gasteiger partial charge < -0.3 is 19.3 Å².